The van der Waals surface area contributed by atoms with E-state index in [0.29, 0.717) is 52.7 Å². The van der Waals surface area contributed by atoms with E-state index < -0.39 is 5.60 Å². The minimum absolute atomic E-state index is 0.0892. The van der Waals surface area contributed by atoms with Crippen LogP contribution < -0.4 is 9.47 Å². The molecule has 2 saturated heterocycles. The van der Waals surface area contributed by atoms with Crippen LogP contribution in [0.1, 0.15) is 46.7 Å². The summed E-state index contributed by atoms with van der Waals surface area (Å²) < 4.78 is 17.4. The van der Waals surface area contributed by atoms with Crippen molar-refractivity contribution in [2.75, 3.05) is 53.6 Å². The summed E-state index contributed by atoms with van der Waals surface area (Å²) in [6.45, 7) is 4.24. The number of piperidine rings is 1. The smallest absolute Gasteiger partial charge is 0.254 e. The highest BCUT2D eigenvalue weighted by Crippen LogP contribution is 2.38. The second-order valence-corrected chi connectivity index (χ2v) is 11.4. The maximum absolute atomic E-state index is 13.8. The summed E-state index contributed by atoms with van der Waals surface area (Å²) in [6.07, 6.45) is 2.99. The van der Waals surface area contributed by atoms with Crippen LogP contribution in [0, 0.1) is 0 Å². The Morgan fingerprint density at radius 2 is 1.62 bits per heavy atom. The third-order valence-electron chi connectivity index (χ3n) is 8.21. The summed E-state index contributed by atoms with van der Waals surface area (Å²) >= 11 is 12.7. The average Bonchev–Trinajstić information content (AvgIpc) is 3.01. The van der Waals surface area contributed by atoms with E-state index in [-0.39, 0.29) is 5.91 Å². The van der Waals surface area contributed by atoms with Gasteiger partial charge in [0.15, 0.2) is 0 Å². The van der Waals surface area contributed by atoms with Gasteiger partial charge in [-0.2, -0.15) is 0 Å². The Balaban J connectivity index is 1.35. The average molecular weight is 584 g/mol. The fourth-order valence-electron chi connectivity index (χ4n) is 5.87. The van der Waals surface area contributed by atoms with Gasteiger partial charge in [0.05, 0.1) is 37.4 Å². The number of morpholine rings is 1. The first-order valence-corrected chi connectivity index (χ1v) is 14.6. The van der Waals surface area contributed by atoms with Gasteiger partial charge in [-0.05, 0) is 73.7 Å². The van der Waals surface area contributed by atoms with Gasteiger partial charge in [-0.1, -0.05) is 59.6 Å². The Morgan fingerprint density at radius 1 is 0.925 bits per heavy atom. The van der Waals surface area contributed by atoms with Crippen LogP contribution in [0.2, 0.25) is 10.0 Å². The molecule has 3 aromatic rings. The largest absolute Gasteiger partial charge is 0.497 e. The maximum atomic E-state index is 13.8. The standard InChI is InChI=1S/C32H36Cl2N2O4/c1-38-27-18-25(19-28(21-27)39-2)31(37)36-16-17-40-32(22-36,26-8-9-29(33)30(34)20-26)12-15-35-13-10-24(11-14-35)23-6-4-3-5-7-23/h3-9,18-21,24H,10-17,22H2,1-2H3. The lowest BCUT2D eigenvalue weighted by Crippen LogP contribution is -2.53. The maximum Gasteiger partial charge on any atom is 0.254 e. The molecular formula is C32H36Cl2N2O4. The molecule has 6 nitrogen and oxygen atoms in total. The van der Waals surface area contributed by atoms with E-state index in [1.54, 1.807) is 32.4 Å². The number of methoxy groups -OCH3 is 2. The first-order valence-electron chi connectivity index (χ1n) is 13.8. The molecule has 0 aromatic heterocycles. The van der Waals surface area contributed by atoms with Crippen LogP contribution in [0.15, 0.2) is 66.7 Å². The van der Waals surface area contributed by atoms with Crippen LogP contribution in [0.3, 0.4) is 0 Å². The summed E-state index contributed by atoms with van der Waals surface area (Å²) in [5, 5.41) is 0.975. The number of likely N-dealkylation sites (tertiary alicyclic amines) is 1. The Kier molecular flexibility index (Phi) is 9.21. The van der Waals surface area contributed by atoms with E-state index in [9.17, 15) is 4.79 Å². The summed E-state index contributed by atoms with van der Waals surface area (Å²) in [6, 6.07) is 21.7. The van der Waals surface area contributed by atoms with E-state index in [1.807, 2.05) is 23.1 Å². The highest BCUT2D eigenvalue weighted by Gasteiger charge is 2.41. The van der Waals surface area contributed by atoms with E-state index in [2.05, 4.69) is 35.2 Å². The molecule has 0 N–H and O–H groups in total. The normalized spacial score (nSPS) is 20.4. The molecule has 2 fully saturated rings. The summed E-state index contributed by atoms with van der Waals surface area (Å²) in [4.78, 5) is 18.1. The number of ether oxygens (including phenoxy) is 3. The molecular weight excluding hydrogens is 547 g/mol. The van der Waals surface area contributed by atoms with Crippen molar-refractivity contribution in [3.8, 4) is 11.5 Å². The van der Waals surface area contributed by atoms with E-state index in [4.69, 9.17) is 37.4 Å². The number of benzene rings is 3. The number of amides is 1. The summed E-state index contributed by atoms with van der Waals surface area (Å²) in [5.74, 6) is 1.66. The molecule has 0 spiro atoms. The quantitative estimate of drug-likeness (QED) is 0.297. The number of nitrogens with zero attached hydrogens (tertiary/aromatic N) is 2. The van der Waals surface area contributed by atoms with Gasteiger partial charge in [0, 0.05) is 24.7 Å². The molecule has 212 valence electrons. The third-order valence-corrected chi connectivity index (χ3v) is 8.95. The first-order chi connectivity index (χ1) is 19.4. The van der Waals surface area contributed by atoms with Gasteiger partial charge >= 0.3 is 0 Å². The fraction of sp³-hybridized carbons (Fsp3) is 0.406. The molecule has 0 saturated carbocycles. The van der Waals surface area contributed by atoms with Crippen molar-refractivity contribution in [2.45, 2.75) is 30.8 Å². The zero-order valence-corrected chi connectivity index (χ0v) is 24.6. The van der Waals surface area contributed by atoms with Gasteiger partial charge in [-0.15, -0.1) is 0 Å². The highest BCUT2D eigenvalue weighted by atomic mass is 35.5. The molecule has 1 unspecified atom stereocenters. The fourth-order valence-corrected chi connectivity index (χ4v) is 6.17. The number of carbonyl (C=O) groups excluding carboxylic acids is 1. The number of halogens is 2. The van der Waals surface area contributed by atoms with Gasteiger partial charge in [0.25, 0.3) is 5.91 Å². The van der Waals surface area contributed by atoms with E-state index in [1.165, 1.54) is 5.56 Å². The van der Waals surface area contributed by atoms with Crippen LogP contribution in [-0.2, 0) is 10.3 Å². The Morgan fingerprint density at radius 3 is 2.27 bits per heavy atom. The van der Waals surface area contributed by atoms with Crippen molar-refractivity contribution >= 4 is 29.1 Å². The van der Waals surface area contributed by atoms with Crippen LogP contribution in [0.25, 0.3) is 0 Å². The van der Waals surface area contributed by atoms with Gasteiger partial charge in [-0.3, -0.25) is 4.79 Å². The van der Waals surface area contributed by atoms with Gasteiger partial charge < -0.3 is 24.0 Å². The molecule has 0 radical (unpaired) electrons. The number of hydrogen-bond acceptors (Lipinski definition) is 5. The van der Waals surface area contributed by atoms with Gasteiger partial charge in [0.2, 0.25) is 0 Å². The predicted octanol–water partition coefficient (Wildman–Crippen LogP) is 6.65. The van der Waals surface area contributed by atoms with Crippen LogP contribution >= 0.6 is 23.2 Å². The number of rotatable bonds is 8. The molecule has 3 aromatic carbocycles. The molecule has 5 rings (SSSR count). The number of carbonyl (C=O) groups is 1. The van der Waals surface area contributed by atoms with Crippen LogP contribution in [0.4, 0.5) is 0 Å². The Bertz CT molecular complexity index is 1290. The summed E-state index contributed by atoms with van der Waals surface area (Å²) in [7, 11) is 3.16. The lowest BCUT2D eigenvalue weighted by Gasteiger charge is -2.44. The molecule has 2 aliphatic rings. The van der Waals surface area contributed by atoms with Gasteiger partial charge in [0.1, 0.15) is 17.1 Å². The van der Waals surface area contributed by atoms with Crippen molar-refractivity contribution < 1.29 is 19.0 Å². The molecule has 8 heteroatoms. The zero-order chi connectivity index (χ0) is 28.1. The third kappa shape index (κ3) is 6.41. The molecule has 2 heterocycles. The molecule has 2 aliphatic heterocycles. The zero-order valence-electron chi connectivity index (χ0n) is 23.1. The second-order valence-electron chi connectivity index (χ2n) is 10.6. The first kappa shape index (κ1) is 28.7. The molecule has 0 bridgehead atoms. The molecule has 0 aliphatic carbocycles. The van der Waals surface area contributed by atoms with Crippen molar-refractivity contribution in [2.24, 2.45) is 0 Å². The lowest BCUT2D eigenvalue weighted by molar-refractivity contribution is -0.113. The lowest BCUT2D eigenvalue weighted by atomic mass is 9.86. The monoisotopic (exact) mass is 582 g/mol. The number of hydrogen-bond donors (Lipinski definition) is 0. The van der Waals surface area contributed by atoms with Crippen LogP contribution in [-0.4, -0.2) is 69.3 Å². The van der Waals surface area contributed by atoms with E-state index >= 15 is 0 Å². The topological polar surface area (TPSA) is 51.2 Å². The minimum Gasteiger partial charge on any atom is -0.497 e. The highest BCUT2D eigenvalue weighted by molar-refractivity contribution is 6.42. The SMILES string of the molecule is COc1cc(OC)cc(C(=O)N2CCOC(CCN3CCC(c4ccccc4)CC3)(c3ccc(Cl)c(Cl)c3)C2)c1. The van der Waals surface area contributed by atoms with Crippen molar-refractivity contribution in [1.82, 2.24) is 9.80 Å². The Hall–Kier alpha value is -2.77. The second kappa shape index (κ2) is 12.8. The van der Waals surface area contributed by atoms with Crippen LogP contribution in [0.5, 0.6) is 11.5 Å². The van der Waals surface area contributed by atoms with Gasteiger partial charge in [-0.25, -0.2) is 0 Å². The van der Waals surface area contributed by atoms with Crippen molar-refractivity contribution in [1.29, 1.82) is 0 Å². The van der Waals surface area contributed by atoms with E-state index in [0.717, 1.165) is 44.5 Å². The van der Waals surface area contributed by atoms with Crippen molar-refractivity contribution in [3.05, 3.63) is 93.5 Å². The molecule has 1 atom stereocenters. The minimum atomic E-state index is -0.707. The van der Waals surface area contributed by atoms with Crippen molar-refractivity contribution in [3.63, 3.8) is 0 Å². The Labute approximate surface area is 246 Å². The predicted molar refractivity (Wildman–Crippen MR) is 159 cm³/mol. The molecule has 40 heavy (non-hydrogen) atoms. The summed E-state index contributed by atoms with van der Waals surface area (Å²) in [5.41, 5.74) is 2.17. The molecule has 1 amide bonds.